The highest BCUT2D eigenvalue weighted by molar-refractivity contribution is 8.14. The Labute approximate surface area is 139 Å². The highest BCUT2D eigenvalue weighted by atomic mass is 79.9. The zero-order valence-electron chi connectivity index (χ0n) is 11.4. The van der Waals surface area contributed by atoms with Crippen LogP contribution in [0.3, 0.4) is 0 Å². The van der Waals surface area contributed by atoms with Gasteiger partial charge in [-0.05, 0) is 17.3 Å². The summed E-state index contributed by atoms with van der Waals surface area (Å²) in [5, 5.41) is 5.45. The van der Waals surface area contributed by atoms with Crippen LogP contribution in [0.25, 0.3) is 0 Å². The SMILES string of the molecule is NC1=[N+](Cc2ccccc2)N=C(c2ccccc2)CS1.[Br-]. The highest BCUT2D eigenvalue weighted by Crippen LogP contribution is 2.15. The van der Waals surface area contributed by atoms with E-state index in [1.165, 1.54) is 5.56 Å². The van der Waals surface area contributed by atoms with E-state index in [1.54, 1.807) is 11.8 Å². The van der Waals surface area contributed by atoms with Crippen molar-refractivity contribution < 1.29 is 21.7 Å². The number of rotatable bonds is 3. The molecule has 0 saturated carbocycles. The lowest BCUT2D eigenvalue weighted by Crippen LogP contribution is -3.00. The third kappa shape index (κ3) is 3.95. The summed E-state index contributed by atoms with van der Waals surface area (Å²) < 4.78 is 1.88. The van der Waals surface area contributed by atoms with Crippen molar-refractivity contribution in [3.8, 4) is 0 Å². The van der Waals surface area contributed by atoms with E-state index in [0.717, 1.165) is 22.2 Å². The van der Waals surface area contributed by atoms with E-state index < -0.39 is 0 Å². The van der Waals surface area contributed by atoms with Gasteiger partial charge in [0.1, 0.15) is 12.3 Å². The number of hydrazone groups is 1. The summed E-state index contributed by atoms with van der Waals surface area (Å²) in [7, 11) is 0. The Hall–Kier alpha value is -1.59. The summed E-state index contributed by atoms with van der Waals surface area (Å²) in [6, 6.07) is 20.5. The fourth-order valence-electron chi connectivity index (χ4n) is 2.08. The van der Waals surface area contributed by atoms with Crippen LogP contribution >= 0.6 is 11.8 Å². The summed E-state index contributed by atoms with van der Waals surface area (Å²) in [6.07, 6.45) is 0. The van der Waals surface area contributed by atoms with Gasteiger partial charge in [0.25, 0.3) is 0 Å². The van der Waals surface area contributed by atoms with Crippen molar-refractivity contribution in [3.63, 3.8) is 0 Å². The Balaban J connectivity index is 0.00000161. The molecule has 1 heterocycles. The summed E-state index contributed by atoms with van der Waals surface area (Å²) in [5.74, 6) is 0.821. The highest BCUT2D eigenvalue weighted by Gasteiger charge is 2.19. The van der Waals surface area contributed by atoms with Crippen LogP contribution in [-0.2, 0) is 6.54 Å². The molecule has 3 nitrogen and oxygen atoms in total. The van der Waals surface area contributed by atoms with Gasteiger partial charge in [-0.15, -0.1) is 4.68 Å². The average molecular weight is 362 g/mol. The number of amidine groups is 1. The quantitative estimate of drug-likeness (QED) is 0.760. The number of hydrogen-bond acceptors (Lipinski definition) is 3. The molecular formula is C16H16BrN3S. The standard InChI is InChI=1S/C16H15N3S.BrH/c17-16-19(11-13-7-3-1-4-8-13)18-15(12-20-16)14-9-5-2-6-10-14;/h1-10,17H,11-12H2;1H. The van der Waals surface area contributed by atoms with Crippen LogP contribution in [0, 0.1) is 0 Å². The maximum Gasteiger partial charge on any atom is 0.330 e. The minimum Gasteiger partial charge on any atom is -1.00 e. The minimum atomic E-state index is 0. The fraction of sp³-hybridized carbons (Fsp3) is 0.125. The van der Waals surface area contributed by atoms with Gasteiger partial charge in [-0.3, -0.25) is 5.73 Å². The number of thioether (sulfide) groups is 1. The van der Waals surface area contributed by atoms with Crippen molar-refractivity contribution in [1.82, 2.24) is 0 Å². The molecule has 0 fully saturated rings. The minimum absolute atomic E-state index is 0. The zero-order chi connectivity index (χ0) is 13.8. The molecular weight excluding hydrogens is 346 g/mol. The van der Waals surface area contributed by atoms with Gasteiger partial charge in [-0.1, -0.05) is 65.8 Å². The number of halogens is 1. The predicted molar refractivity (Wildman–Crippen MR) is 85.0 cm³/mol. The predicted octanol–water partition coefficient (Wildman–Crippen LogP) is -0.331. The molecule has 1 aliphatic rings. The van der Waals surface area contributed by atoms with Gasteiger partial charge in [0.2, 0.25) is 0 Å². The molecule has 2 N–H and O–H groups in total. The van der Waals surface area contributed by atoms with Crippen LogP contribution < -0.4 is 22.7 Å². The fourth-order valence-corrected chi connectivity index (χ4v) is 2.85. The van der Waals surface area contributed by atoms with Crippen LogP contribution in [0.1, 0.15) is 11.1 Å². The molecule has 0 aliphatic carbocycles. The molecule has 0 unspecified atom stereocenters. The second kappa shape index (κ2) is 7.43. The van der Waals surface area contributed by atoms with Gasteiger partial charge in [-0.2, -0.15) is 0 Å². The maximum absolute atomic E-state index is 6.07. The lowest BCUT2D eigenvalue weighted by molar-refractivity contribution is -0.548. The molecule has 0 aromatic heterocycles. The Bertz CT molecular complexity index is 654. The average Bonchev–Trinajstić information content (AvgIpc) is 2.51. The molecule has 5 heteroatoms. The van der Waals surface area contributed by atoms with Crippen molar-refractivity contribution >= 4 is 22.6 Å². The molecule has 0 saturated heterocycles. The molecule has 2 aromatic rings. The van der Waals surface area contributed by atoms with Crippen molar-refractivity contribution in [2.45, 2.75) is 6.54 Å². The molecule has 21 heavy (non-hydrogen) atoms. The Morgan fingerprint density at radius 1 is 1.00 bits per heavy atom. The lowest BCUT2D eigenvalue weighted by Gasteiger charge is -2.12. The summed E-state index contributed by atoms with van der Waals surface area (Å²) in [6.45, 7) is 0.704. The molecule has 3 rings (SSSR count). The monoisotopic (exact) mass is 361 g/mol. The smallest absolute Gasteiger partial charge is 0.330 e. The van der Waals surface area contributed by atoms with Gasteiger partial charge in [0.05, 0.1) is 5.75 Å². The Kier molecular flexibility index (Phi) is 5.59. The van der Waals surface area contributed by atoms with Crippen LogP contribution in [-0.4, -0.2) is 21.3 Å². The van der Waals surface area contributed by atoms with Gasteiger partial charge in [0.15, 0.2) is 0 Å². The van der Waals surface area contributed by atoms with E-state index >= 15 is 0 Å². The molecule has 0 spiro atoms. The number of benzene rings is 2. The summed E-state index contributed by atoms with van der Waals surface area (Å²) >= 11 is 1.64. The topological polar surface area (TPSA) is 41.4 Å². The molecule has 0 radical (unpaired) electrons. The van der Waals surface area contributed by atoms with Crippen molar-refractivity contribution in [2.75, 3.05) is 5.75 Å². The Morgan fingerprint density at radius 2 is 1.62 bits per heavy atom. The van der Waals surface area contributed by atoms with Gasteiger partial charge >= 0.3 is 5.17 Å². The van der Waals surface area contributed by atoms with Gasteiger partial charge in [0, 0.05) is 5.56 Å². The molecule has 0 amide bonds. The number of nitrogens with zero attached hydrogens (tertiary/aromatic N) is 2. The Morgan fingerprint density at radius 3 is 2.29 bits per heavy atom. The second-order valence-electron chi connectivity index (χ2n) is 4.58. The molecule has 0 atom stereocenters. The van der Waals surface area contributed by atoms with Crippen LogP contribution in [0.2, 0.25) is 0 Å². The van der Waals surface area contributed by atoms with E-state index in [2.05, 4.69) is 24.3 Å². The van der Waals surface area contributed by atoms with Crippen molar-refractivity contribution in [2.24, 2.45) is 10.8 Å². The van der Waals surface area contributed by atoms with E-state index in [1.807, 2.05) is 41.1 Å². The van der Waals surface area contributed by atoms with E-state index in [4.69, 9.17) is 10.8 Å². The normalized spacial score (nSPS) is 14.4. The van der Waals surface area contributed by atoms with Crippen LogP contribution in [0.4, 0.5) is 0 Å². The molecule has 108 valence electrons. The van der Waals surface area contributed by atoms with Crippen LogP contribution in [0.5, 0.6) is 0 Å². The van der Waals surface area contributed by atoms with E-state index in [0.29, 0.717) is 6.54 Å². The van der Waals surface area contributed by atoms with Gasteiger partial charge in [-0.25, -0.2) is 0 Å². The van der Waals surface area contributed by atoms with Crippen molar-refractivity contribution in [3.05, 3.63) is 71.8 Å². The third-order valence-electron chi connectivity index (χ3n) is 3.13. The maximum atomic E-state index is 6.07. The number of hydrogen-bond donors (Lipinski definition) is 1. The molecule has 0 bridgehead atoms. The summed E-state index contributed by atoms with van der Waals surface area (Å²) in [4.78, 5) is 0. The van der Waals surface area contributed by atoms with Crippen LogP contribution in [0.15, 0.2) is 65.8 Å². The first-order chi connectivity index (χ1) is 9.83. The van der Waals surface area contributed by atoms with Gasteiger partial charge < -0.3 is 17.0 Å². The summed E-state index contributed by atoms with van der Waals surface area (Å²) in [5.41, 5.74) is 9.50. The van der Waals surface area contributed by atoms with E-state index in [-0.39, 0.29) is 17.0 Å². The lowest BCUT2D eigenvalue weighted by atomic mass is 10.1. The molecule has 2 aromatic carbocycles. The first-order valence-corrected chi connectivity index (χ1v) is 7.51. The molecule has 1 aliphatic heterocycles. The first-order valence-electron chi connectivity index (χ1n) is 6.52. The largest absolute Gasteiger partial charge is 1.00 e. The number of nitrogens with two attached hydrogens (primary N) is 1. The third-order valence-corrected chi connectivity index (χ3v) is 4.06. The van der Waals surface area contributed by atoms with E-state index in [9.17, 15) is 0 Å². The zero-order valence-corrected chi connectivity index (χ0v) is 13.8. The van der Waals surface area contributed by atoms with Crippen molar-refractivity contribution in [1.29, 1.82) is 0 Å². The second-order valence-corrected chi connectivity index (χ2v) is 5.58. The first kappa shape index (κ1) is 15.8.